The lowest BCUT2D eigenvalue weighted by atomic mass is 10.1. The molecule has 0 N–H and O–H groups in total. The van der Waals surface area contributed by atoms with Gasteiger partial charge in [0.05, 0.1) is 25.3 Å². The van der Waals surface area contributed by atoms with E-state index in [9.17, 15) is 4.79 Å². The molecule has 2 heterocycles. The average Bonchev–Trinajstić information content (AvgIpc) is 3.15. The van der Waals surface area contributed by atoms with Crippen molar-refractivity contribution in [2.75, 3.05) is 13.2 Å². The highest BCUT2D eigenvalue weighted by atomic mass is 16.5. The van der Waals surface area contributed by atoms with Crippen molar-refractivity contribution in [2.24, 2.45) is 0 Å². The Kier molecular flexibility index (Phi) is 3.75. The van der Waals surface area contributed by atoms with Gasteiger partial charge in [0.25, 0.3) is 0 Å². The molecule has 2 amide bonds. The lowest BCUT2D eigenvalue weighted by Crippen LogP contribution is -2.36. The average molecular weight is 308 g/mol. The molecule has 4 rings (SSSR count). The summed E-state index contributed by atoms with van der Waals surface area (Å²) >= 11 is 0. The minimum atomic E-state index is 0.121. The van der Waals surface area contributed by atoms with E-state index in [0.717, 1.165) is 11.1 Å². The van der Waals surface area contributed by atoms with Gasteiger partial charge in [-0.3, -0.25) is 0 Å². The second-order valence-electron chi connectivity index (χ2n) is 6.18. The maximum Gasteiger partial charge on any atom is 0.321 e. The molecule has 0 saturated carbocycles. The first-order valence-electron chi connectivity index (χ1n) is 8.06. The predicted molar refractivity (Wildman–Crippen MR) is 87.8 cm³/mol. The molecular weight excluding hydrogens is 288 g/mol. The first-order chi connectivity index (χ1) is 11.3. The molecule has 2 atom stereocenters. The van der Waals surface area contributed by atoms with Gasteiger partial charge in [-0.15, -0.1) is 0 Å². The first kappa shape index (κ1) is 14.3. The van der Waals surface area contributed by atoms with Gasteiger partial charge < -0.3 is 14.5 Å². The summed E-state index contributed by atoms with van der Waals surface area (Å²) < 4.78 is 5.66. The summed E-state index contributed by atoms with van der Waals surface area (Å²) in [5.41, 5.74) is 2.32. The topological polar surface area (TPSA) is 32.8 Å². The lowest BCUT2D eigenvalue weighted by Gasteiger charge is -2.22. The number of ether oxygens (including phenoxy) is 1. The standard InChI is InChI=1S/C19H20N2O2/c22-19-20(11-15-7-3-1-4-8-15)17-13-23-14-18(17)21(19)12-16-9-5-2-6-10-16/h1-10,17-18H,11-14H2. The van der Waals surface area contributed by atoms with Crippen LogP contribution < -0.4 is 0 Å². The van der Waals surface area contributed by atoms with Crippen molar-refractivity contribution in [3.8, 4) is 0 Å². The number of nitrogens with zero attached hydrogens (tertiary/aromatic N) is 2. The van der Waals surface area contributed by atoms with E-state index in [1.807, 2.05) is 46.2 Å². The quantitative estimate of drug-likeness (QED) is 0.870. The number of hydrogen-bond donors (Lipinski definition) is 0. The predicted octanol–water partition coefficient (Wildman–Crippen LogP) is 2.89. The van der Waals surface area contributed by atoms with Gasteiger partial charge in [0.2, 0.25) is 0 Å². The first-order valence-corrected chi connectivity index (χ1v) is 8.06. The van der Waals surface area contributed by atoms with Gasteiger partial charge in [-0.05, 0) is 11.1 Å². The second-order valence-corrected chi connectivity index (χ2v) is 6.18. The highest BCUT2D eigenvalue weighted by Crippen LogP contribution is 2.30. The van der Waals surface area contributed by atoms with Crippen LogP contribution in [0.4, 0.5) is 4.79 Å². The Balaban J connectivity index is 1.56. The van der Waals surface area contributed by atoms with Crippen LogP contribution in [-0.2, 0) is 17.8 Å². The number of urea groups is 1. The molecule has 2 aliphatic rings. The van der Waals surface area contributed by atoms with Gasteiger partial charge in [0.1, 0.15) is 0 Å². The van der Waals surface area contributed by atoms with E-state index in [0.29, 0.717) is 26.3 Å². The molecule has 2 fully saturated rings. The maximum absolute atomic E-state index is 12.9. The number of rotatable bonds is 4. The smallest absolute Gasteiger partial charge is 0.321 e. The van der Waals surface area contributed by atoms with E-state index in [-0.39, 0.29) is 18.1 Å². The van der Waals surface area contributed by atoms with Gasteiger partial charge >= 0.3 is 6.03 Å². The van der Waals surface area contributed by atoms with Crippen molar-refractivity contribution in [3.63, 3.8) is 0 Å². The highest BCUT2D eigenvalue weighted by molar-refractivity contribution is 5.78. The minimum absolute atomic E-state index is 0.121. The SMILES string of the molecule is O=C1N(Cc2ccccc2)C2COCC2N1Cc1ccccc1. The van der Waals surface area contributed by atoms with Crippen LogP contribution in [0.3, 0.4) is 0 Å². The third kappa shape index (κ3) is 2.70. The van der Waals surface area contributed by atoms with Gasteiger partial charge in [0.15, 0.2) is 0 Å². The summed E-state index contributed by atoms with van der Waals surface area (Å²) in [4.78, 5) is 16.9. The summed E-state index contributed by atoms with van der Waals surface area (Å²) in [7, 11) is 0. The Morgan fingerprint density at radius 1 is 0.783 bits per heavy atom. The van der Waals surface area contributed by atoms with Crippen LogP contribution in [-0.4, -0.2) is 41.1 Å². The van der Waals surface area contributed by atoms with Crippen LogP contribution >= 0.6 is 0 Å². The molecule has 4 nitrogen and oxygen atoms in total. The van der Waals surface area contributed by atoms with Crippen molar-refractivity contribution in [3.05, 3.63) is 71.8 Å². The van der Waals surface area contributed by atoms with E-state index < -0.39 is 0 Å². The fourth-order valence-electron chi connectivity index (χ4n) is 3.51. The zero-order valence-electron chi connectivity index (χ0n) is 13.0. The highest BCUT2D eigenvalue weighted by Gasteiger charge is 2.48. The van der Waals surface area contributed by atoms with Gasteiger partial charge in [-0.1, -0.05) is 60.7 Å². The number of benzene rings is 2. The summed E-state index contributed by atoms with van der Waals surface area (Å²) in [5, 5.41) is 0. The molecule has 23 heavy (non-hydrogen) atoms. The lowest BCUT2D eigenvalue weighted by molar-refractivity contribution is 0.123. The summed E-state index contributed by atoms with van der Waals surface area (Å²) in [6.45, 7) is 2.56. The van der Waals surface area contributed by atoms with Gasteiger partial charge in [0, 0.05) is 13.1 Å². The Morgan fingerprint density at radius 3 is 1.65 bits per heavy atom. The van der Waals surface area contributed by atoms with E-state index in [2.05, 4.69) is 24.3 Å². The molecule has 0 aromatic heterocycles. The molecule has 0 spiro atoms. The normalized spacial score (nSPS) is 23.4. The Morgan fingerprint density at radius 2 is 1.22 bits per heavy atom. The fraction of sp³-hybridized carbons (Fsp3) is 0.316. The molecule has 2 saturated heterocycles. The summed E-state index contributed by atoms with van der Waals surface area (Å²) in [6.07, 6.45) is 0. The van der Waals surface area contributed by atoms with Crippen LogP contribution in [0.5, 0.6) is 0 Å². The Hall–Kier alpha value is -2.33. The van der Waals surface area contributed by atoms with Gasteiger partial charge in [-0.2, -0.15) is 0 Å². The molecule has 4 heteroatoms. The van der Waals surface area contributed by atoms with Crippen molar-refractivity contribution in [1.82, 2.24) is 9.80 Å². The molecule has 0 radical (unpaired) electrons. The van der Waals surface area contributed by atoms with Crippen LogP contribution in [0.15, 0.2) is 60.7 Å². The molecule has 2 aromatic carbocycles. The van der Waals surface area contributed by atoms with Crippen molar-refractivity contribution in [2.45, 2.75) is 25.2 Å². The van der Waals surface area contributed by atoms with Gasteiger partial charge in [-0.25, -0.2) is 4.79 Å². The molecule has 2 aromatic rings. The molecule has 118 valence electrons. The zero-order valence-corrected chi connectivity index (χ0v) is 13.0. The summed E-state index contributed by atoms with van der Waals surface area (Å²) in [5.74, 6) is 0. The van der Waals surface area contributed by atoms with Crippen LogP contribution in [0, 0.1) is 0 Å². The molecular formula is C19H20N2O2. The van der Waals surface area contributed by atoms with Crippen molar-refractivity contribution < 1.29 is 9.53 Å². The summed E-state index contributed by atoms with van der Waals surface area (Å²) in [6, 6.07) is 20.8. The molecule has 0 bridgehead atoms. The number of hydrogen-bond acceptors (Lipinski definition) is 2. The minimum Gasteiger partial charge on any atom is -0.377 e. The molecule has 2 aliphatic heterocycles. The van der Waals surface area contributed by atoms with Crippen molar-refractivity contribution in [1.29, 1.82) is 0 Å². The van der Waals surface area contributed by atoms with Crippen LogP contribution in [0.1, 0.15) is 11.1 Å². The monoisotopic (exact) mass is 308 g/mol. The van der Waals surface area contributed by atoms with E-state index in [1.54, 1.807) is 0 Å². The Labute approximate surface area is 136 Å². The number of carbonyl (C=O) groups is 1. The van der Waals surface area contributed by atoms with E-state index in [1.165, 1.54) is 0 Å². The largest absolute Gasteiger partial charge is 0.377 e. The molecule has 2 unspecified atom stereocenters. The van der Waals surface area contributed by atoms with E-state index in [4.69, 9.17) is 4.74 Å². The van der Waals surface area contributed by atoms with Crippen LogP contribution in [0.25, 0.3) is 0 Å². The maximum atomic E-state index is 12.9. The Bertz CT molecular complexity index is 617. The van der Waals surface area contributed by atoms with Crippen LogP contribution in [0.2, 0.25) is 0 Å². The third-order valence-corrected chi connectivity index (χ3v) is 4.70. The second kappa shape index (κ2) is 6.05. The van der Waals surface area contributed by atoms with E-state index >= 15 is 0 Å². The molecule has 0 aliphatic carbocycles. The third-order valence-electron chi connectivity index (χ3n) is 4.70. The van der Waals surface area contributed by atoms with Crippen molar-refractivity contribution >= 4 is 6.03 Å². The fourth-order valence-corrected chi connectivity index (χ4v) is 3.51. The number of carbonyl (C=O) groups excluding carboxylic acids is 1. The zero-order chi connectivity index (χ0) is 15.6. The number of amides is 2. The number of fused-ring (bicyclic) bond motifs is 1.